The van der Waals surface area contributed by atoms with Gasteiger partial charge in [0, 0.05) is 26.2 Å². The minimum absolute atomic E-state index is 0.485. The molecule has 1 saturated heterocycles. The Kier molecular flexibility index (Phi) is 6.38. The van der Waals surface area contributed by atoms with Crippen LogP contribution < -0.4 is 15.4 Å². The number of methoxy groups -OCH3 is 1. The molecule has 0 amide bonds. The van der Waals surface area contributed by atoms with Crippen LogP contribution in [-0.2, 0) is 4.79 Å². The fraction of sp³-hybridized carbons (Fsp3) is 0.389. The van der Waals surface area contributed by atoms with E-state index in [9.17, 15) is 4.79 Å². The standard InChI is InChI=1S/C14H14O3.C4H10N2/c1-9(14(15)16)10-3-4-12-8-13(17-2)6-5-11(12)7-10;1-2-6-4-3-5-1/h3-9H,1-2H3,(H,15,16);5-6H,1-4H2. The van der Waals surface area contributed by atoms with Crippen LogP contribution in [0.5, 0.6) is 5.75 Å². The molecule has 0 spiro atoms. The summed E-state index contributed by atoms with van der Waals surface area (Å²) in [6.07, 6.45) is 0. The van der Waals surface area contributed by atoms with Crippen LogP contribution in [0.15, 0.2) is 36.4 Å². The Balaban J connectivity index is 0.000000268. The topological polar surface area (TPSA) is 70.6 Å². The van der Waals surface area contributed by atoms with Gasteiger partial charge in [-0.1, -0.05) is 24.3 Å². The van der Waals surface area contributed by atoms with Crippen LogP contribution in [0.3, 0.4) is 0 Å². The lowest BCUT2D eigenvalue weighted by Gasteiger charge is -2.11. The van der Waals surface area contributed by atoms with Crippen LogP contribution in [0.25, 0.3) is 10.8 Å². The van der Waals surface area contributed by atoms with Gasteiger partial charge in [0.05, 0.1) is 13.0 Å². The summed E-state index contributed by atoms with van der Waals surface area (Å²) in [4.78, 5) is 10.9. The normalized spacial score (nSPS) is 15.4. The molecule has 1 unspecified atom stereocenters. The third-order valence-corrected chi connectivity index (χ3v) is 3.90. The summed E-state index contributed by atoms with van der Waals surface area (Å²) < 4.78 is 5.14. The Bertz CT molecular complexity index is 642. The highest BCUT2D eigenvalue weighted by Crippen LogP contribution is 2.25. The molecule has 0 aromatic heterocycles. The molecule has 1 fully saturated rings. The molecule has 0 saturated carbocycles. The van der Waals surface area contributed by atoms with Crippen LogP contribution >= 0.6 is 0 Å². The van der Waals surface area contributed by atoms with E-state index in [1.807, 2.05) is 36.4 Å². The van der Waals surface area contributed by atoms with E-state index in [4.69, 9.17) is 9.84 Å². The van der Waals surface area contributed by atoms with Gasteiger partial charge in [-0.05, 0) is 35.4 Å². The predicted molar refractivity (Wildman–Crippen MR) is 92.3 cm³/mol. The van der Waals surface area contributed by atoms with Gasteiger partial charge in [0.2, 0.25) is 0 Å². The molecule has 1 atom stereocenters. The molecule has 5 nitrogen and oxygen atoms in total. The molecule has 1 heterocycles. The SMILES string of the molecule is C1CNCCN1.COc1ccc2cc(C(C)C(=O)O)ccc2c1. The van der Waals surface area contributed by atoms with Gasteiger partial charge in [0.15, 0.2) is 0 Å². The molecule has 5 heteroatoms. The molecule has 2 aromatic rings. The fourth-order valence-corrected chi connectivity index (χ4v) is 2.38. The van der Waals surface area contributed by atoms with E-state index in [1.54, 1.807) is 14.0 Å². The molecule has 1 aliphatic heterocycles. The molecule has 3 N–H and O–H groups in total. The lowest BCUT2D eigenvalue weighted by atomic mass is 9.98. The van der Waals surface area contributed by atoms with Gasteiger partial charge < -0.3 is 20.5 Å². The zero-order chi connectivity index (χ0) is 16.7. The predicted octanol–water partition coefficient (Wildman–Crippen LogP) is 2.22. The van der Waals surface area contributed by atoms with E-state index in [2.05, 4.69) is 10.6 Å². The Morgan fingerprint density at radius 1 is 1.04 bits per heavy atom. The molecule has 1 aliphatic rings. The lowest BCUT2D eigenvalue weighted by molar-refractivity contribution is -0.138. The van der Waals surface area contributed by atoms with Gasteiger partial charge in [-0.3, -0.25) is 4.79 Å². The number of benzene rings is 2. The number of rotatable bonds is 3. The van der Waals surface area contributed by atoms with Crippen molar-refractivity contribution in [2.45, 2.75) is 12.8 Å². The van der Waals surface area contributed by atoms with E-state index in [1.165, 1.54) is 0 Å². The highest BCUT2D eigenvalue weighted by atomic mass is 16.5. The largest absolute Gasteiger partial charge is 0.497 e. The molecular weight excluding hydrogens is 292 g/mol. The van der Waals surface area contributed by atoms with Gasteiger partial charge in [0.25, 0.3) is 0 Å². The monoisotopic (exact) mass is 316 g/mol. The van der Waals surface area contributed by atoms with Gasteiger partial charge in [0.1, 0.15) is 5.75 Å². The molecular formula is C18H24N2O3. The fourth-order valence-electron chi connectivity index (χ4n) is 2.38. The maximum Gasteiger partial charge on any atom is 0.310 e. The summed E-state index contributed by atoms with van der Waals surface area (Å²) >= 11 is 0. The van der Waals surface area contributed by atoms with Crippen molar-refractivity contribution in [2.24, 2.45) is 0 Å². The number of piperazine rings is 1. The Morgan fingerprint density at radius 2 is 1.61 bits per heavy atom. The first-order valence-electron chi connectivity index (χ1n) is 7.84. The number of aliphatic carboxylic acids is 1. The zero-order valence-electron chi connectivity index (χ0n) is 13.6. The number of ether oxygens (including phenoxy) is 1. The molecule has 23 heavy (non-hydrogen) atoms. The van der Waals surface area contributed by atoms with Crippen molar-refractivity contribution in [3.63, 3.8) is 0 Å². The second kappa shape index (κ2) is 8.50. The molecule has 3 rings (SSSR count). The Labute approximate surface area is 136 Å². The van der Waals surface area contributed by atoms with Crippen molar-refractivity contribution in [2.75, 3.05) is 33.3 Å². The quantitative estimate of drug-likeness (QED) is 0.810. The molecule has 0 radical (unpaired) electrons. The summed E-state index contributed by atoms with van der Waals surface area (Å²) in [6.45, 7) is 6.24. The van der Waals surface area contributed by atoms with Crippen molar-refractivity contribution in [1.82, 2.24) is 10.6 Å². The first-order valence-corrected chi connectivity index (χ1v) is 7.84. The second-order valence-corrected chi connectivity index (χ2v) is 5.53. The molecule has 0 aliphatic carbocycles. The number of hydrogen-bond acceptors (Lipinski definition) is 4. The third-order valence-electron chi connectivity index (χ3n) is 3.90. The molecule has 2 aromatic carbocycles. The van der Waals surface area contributed by atoms with Crippen LogP contribution in [-0.4, -0.2) is 44.4 Å². The zero-order valence-corrected chi connectivity index (χ0v) is 13.6. The average Bonchev–Trinajstić information content (AvgIpc) is 2.62. The van der Waals surface area contributed by atoms with Gasteiger partial charge in [-0.25, -0.2) is 0 Å². The molecule has 124 valence electrons. The number of carboxylic acids is 1. The van der Waals surface area contributed by atoms with E-state index in [-0.39, 0.29) is 0 Å². The van der Waals surface area contributed by atoms with Crippen LogP contribution in [0.2, 0.25) is 0 Å². The van der Waals surface area contributed by atoms with Gasteiger partial charge in [-0.15, -0.1) is 0 Å². The summed E-state index contributed by atoms with van der Waals surface area (Å²) in [5.41, 5.74) is 0.815. The maximum atomic E-state index is 10.9. The maximum absolute atomic E-state index is 10.9. The smallest absolute Gasteiger partial charge is 0.310 e. The summed E-state index contributed by atoms with van der Waals surface area (Å²) in [5.74, 6) is -0.490. The van der Waals surface area contributed by atoms with Crippen molar-refractivity contribution >= 4 is 16.7 Å². The van der Waals surface area contributed by atoms with Gasteiger partial charge >= 0.3 is 5.97 Å². The average molecular weight is 316 g/mol. The van der Waals surface area contributed by atoms with Crippen molar-refractivity contribution < 1.29 is 14.6 Å². The highest BCUT2D eigenvalue weighted by Gasteiger charge is 2.13. The molecule has 0 bridgehead atoms. The van der Waals surface area contributed by atoms with Crippen LogP contribution in [0.4, 0.5) is 0 Å². The van der Waals surface area contributed by atoms with E-state index >= 15 is 0 Å². The van der Waals surface area contributed by atoms with Crippen LogP contribution in [0.1, 0.15) is 18.4 Å². The third kappa shape index (κ3) is 4.94. The number of nitrogens with one attached hydrogen (secondary N) is 2. The Morgan fingerprint density at radius 3 is 2.13 bits per heavy atom. The minimum atomic E-state index is -0.808. The van der Waals surface area contributed by atoms with Crippen molar-refractivity contribution in [3.05, 3.63) is 42.0 Å². The highest BCUT2D eigenvalue weighted by molar-refractivity contribution is 5.86. The van der Waals surface area contributed by atoms with Crippen molar-refractivity contribution in [1.29, 1.82) is 0 Å². The Hall–Kier alpha value is -2.11. The summed E-state index contributed by atoms with van der Waals surface area (Å²) in [6, 6.07) is 11.4. The summed E-state index contributed by atoms with van der Waals surface area (Å²) in [5, 5.41) is 17.5. The summed E-state index contributed by atoms with van der Waals surface area (Å²) in [7, 11) is 1.63. The van der Waals surface area contributed by atoms with Crippen LogP contribution in [0, 0.1) is 0 Å². The number of carboxylic acid groups (broad SMARTS) is 1. The first kappa shape index (κ1) is 17.2. The number of fused-ring (bicyclic) bond motifs is 1. The lowest BCUT2D eigenvalue weighted by Crippen LogP contribution is -2.39. The van der Waals surface area contributed by atoms with E-state index in [0.29, 0.717) is 0 Å². The van der Waals surface area contributed by atoms with Gasteiger partial charge in [-0.2, -0.15) is 0 Å². The van der Waals surface area contributed by atoms with E-state index in [0.717, 1.165) is 48.3 Å². The number of carbonyl (C=O) groups is 1. The number of hydrogen-bond donors (Lipinski definition) is 3. The minimum Gasteiger partial charge on any atom is -0.497 e. The first-order chi connectivity index (χ1) is 11.1. The van der Waals surface area contributed by atoms with Crippen molar-refractivity contribution in [3.8, 4) is 5.75 Å². The second-order valence-electron chi connectivity index (χ2n) is 5.53. The van der Waals surface area contributed by atoms with E-state index < -0.39 is 11.9 Å².